The fourth-order valence-corrected chi connectivity index (χ4v) is 3.89. The molecule has 0 aromatic heterocycles. The van der Waals surface area contributed by atoms with Crippen molar-refractivity contribution in [2.45, 2.75) is 90.5 Å². The Kier molecular flexibility index (Phi) is 15.3. The van der Waals surface area contributed by atoms with Crippen LogP contribution in [-0.2, 0) is 6.54 Å². The number of anilines is 1. The molecule has 0 aliphatic rings. The van der Waals surface area contributed by atoms with E-state index in [1.54, 1.807) is 0 Å². The van der Waals surface area contributed by atoms with Gasteiger partial charge in [-0.1, -0.05) is 126 Å². The predicted molar refractivity (Wildman–Crippen MR) is 132 cm³/mol. The molecule has 0 radical (unpaired) electrons. The van der Waals surface area contributed by atoms with Gasteiger partial charge in [0.2, 0.25) is 0 Å². The van der Waals surface area contributed by atoms with Crippen molar-refractivity contribution < 1.29 is 0 Å². The molecule has 0 N–H and O–H groups in total. The number of unbranched alkanes of at least 4 members (excludes halogenated alkanes) is 11. The van der Waals surface area contributed by atoms with E-state index in [4.69, 9.17) is 0 Å². The molecule has 0 amide bonds. The van der Waals surface area contributed by atoms with E-state index in [1.807, 2.05) is 0 Å². The fourth-order valence-electron chi connectivity index (χ4n) is 3.89. The Morgan fingerprint density at radius 3 is 1.52 bits per heavy atom. The van der Waals surface area contributed by atoms with Gasteiger partial charge in [-0.25, -0.2) is 0 Å². The molecule has 0 spiro atoms. The minimum Gasteiger partial charge on any atom is -0.367 e. The largest absolute Gasteiger partial charge is 0.367 e. The van der Waals surface area contributed by atoms with Crippen molar-refractivity contribution in [3.8, 4) is 0 Å². The molecule has 2 rings (SSSR count). The zero-order chi connectivity index (χ0) is 19.7. The zero-order valence-corrected chi connectivity index (χ0v) is 19.3. The standard InChI is InChI=1S/C27H41N.ClH/c1-2-3-4-5-6-7-8-9-10-11-12-19-24-28(27-22-17-14-18-23-27)25-26-20-15-13-16-21-26;/h13-18,20-23H,2-12,19,24-25H2,1H3;1H. The number of hydrogen-bond acceptors (Lipinski definition) is 1. The Balaban J connectivity index is 0.00000420. The number of nitrogens with zero attached hydrogens (tertiary/aromatic N) is 1. The molecular weight excluding hydrogens is 374 g/mol. The molecule has 0 heterocycles. The van der Waals surface area contributed by atoms with Gasteiger partial charge < -0.3 is 4.90 Å². The van der Waals surface area contributed by atoms with E-state index in [-0.39, 0.29) is 12.4 Å². The second-order valence-corrected chi connectivity index (χ2v) is 8.13. The lowest BCUT2D eigenvalue weighted by Crippen LogP contribution is -2.23. The van der Waals surface area contributed by atoms with Crippen LogP contribution in [0.1, 0.15) is 89.5 Å². The van der Waals surface area contributed by atoms with E-state index in [2.05, 4.69) is 72.5 Å². The minimum atomic E-state index is 0. The van der Waals surface area contributed by atoms with Crippen LogP contribution in [0.15, 0.2) is 60.7 Å². The quantitative estimate of drug-likeness (QED) is 0.247. The Hall–Kier alpha value is -1.47. The predicted octanol–water partition coefficient (Wildman–Crippen LogP) is 8.82. The average molecular weight is 416 g/mol. The van der Waals surface area contributed by atoms with Crippen LogP contribution in [0.4, 0.5) is 5.69 Å². The van der Waals surface area contributed by atoms with E-state index in [1.165, 1.54) is 88.3 Å². The summed E-state index contributed by atoms with van der Waals surface area (Å²) in [5.74, 6) is 0. The van der Waals surface area contributed by atoms with Crippen molar-refractivity contribution in [1.82, 2.24) is 0 Å². The lowest BCUT2D eigenvalue weighted by molar-refractivity contribution is 0.542. The molecule has 0 fully saturated rings. The maximum Gasteiger partial charge on any atom is 0.0429 e. The van der Waals surface area contributed by atoms with E-state index >= 15 is 0 Å². The Bertz CT molecular complexity index is 584. The van der Waals surface area contributed by atoms with E-state index < -0.39 is 0 Å². The van der Waals surface area contributed by atoms with Crippen molar-refractivity contribution in [3.05, 3.63) is 66.2 Å². The highest BCUT2D eigenvalue weighted by atomic mass is 35.5. The molecule has 0 saturated heterocycles. The third kappa shape index (κ3) is 12.0. The van der Waals surface area contributed by atoms with Gasteiger partial charge in [-0.15, -0.1) is 12.4 Å². The Morgan fingerprint density at radius 1 is 0.552 bits per heavy atom. The number of para-hydroxylation sites is 1. The summed E-state index contributed by atoms with van der Waals surface area (Å²) in [6.07, 6.45) is 16.9. The normalized spacial score (nSPS) is 10.5. The maximum atomic E-state index is 2.53. The van der Waals surface area contributed by atoms with Gasteiger partial charge >= 0.3 is 0 Å². The molecule has 2 aromatic carbocycles. The van der Waals surface area contributed by atoms with Gasteiger partial charge in [0.1, 0.15) is 0 Å². The molecule has 2 aromatic rings. The van der Waals surface area contributed by atoms with Gasteiger partial charge in [0.05, 0.1) is 0 Å². The number of hydrogen-bond donors (Lipinski definition) is 0. The topological polar surface area (TPSA) is 3.24 Å². The van der Waals surface area contributed by atoms with Gasteiger partial charge in [0.15, 0.2) is 0 Å². The lowest BCUT2D eigenvalue weighted by Gasteiger charge is -2.25. The van der Waals surface area contributed by atoms with E-state index in [9.17, 15) is 0 Å². The molecule has 2 heteroatoms. The first kappa shape index (κ1) is 25.6. The number of rotatable bonds is 16. The van der Waals surface area contributed by atoms with Crippen LogP contribution >= 0.6 is 12.4 Å². The average Bonchev–Trinajstić information content (AvgIpc) is 2.75. The fraction of sp³-hybridized carbons (Fsp3) is 0.556. The van der Waals surface area contributed by atoms with Gasteiger partial charge in [0.25, 0.3) is 0 Å². The minimum absolute atomic E-state index is 0. The molecule has 0 aliphatic heterocycles. The van der Waals surface area contributed by atoms with E-state index in [0.29, 0.717) is 0 Å². The monoisotopic (exact) mass is 415 g/mol. The van der Waals surface area contributed by atoms with Crippen LogP contribution in [0.3, 0.4) is 0 Å². The van der Waals surface area contributed by atoms with Crippen LogP contribution in [0.25, 0.3) is 0 Å². The summed E-state index contributed by atoms with van der Waals surface area (Å²) in [6.45, 7) is 4.44. The summed E-state index contributed by atoms with van der Waals surface area (Å²) < 4.78 is 0. The second kappa shape index (κ2) is 17.4. The zero-order valence-electron chi connectivity index (χ0n) is 18.5. The van der Waals surface area contributed by atoms with Crippen molar-refractivity contribution in [2.75, 3.05) is 11.4 Å². The molecule has 1 nitrogen and oxygen atoms in total. The summed E-state index contributed by atoms with van der Waals surface area (Å²) in [7, 11) is 0. The van der Waals surface area contributed by atoms with Crippen molar-refractivity contribution in [1.29, 1.82) is 0 Å². The Morgan fingerprint density at radius 2 is 1.00 bits per heavy atom. The van der Waals surface area contributed by atoms with Gasteiger partial charge in [0, 0.05) is 18.8 Å². The second-order valence-electron chi connectivity index (χ2n) is 8.13. The van der Waals surface area contributed by atoms with Crippen LogP contribution in [0.2, 0.25) is 0 Å². The number of halogens is 1. The number of benzene rings is 2. The highest BCUT2D eigenvalue weighted by Crippen LogP contribution is 2.18. The summed E-state index contributed by atoms with van der Waals surface area (Å²) in [4.78, 5) is 2.53. The van der Waals surface area contributed by atoms with Crippen LogP contribution < -0.4 is 4.90 Å². The molecule has 162 valence electrons. The van der Waals surface area contributed by atoms with Crippen LogP contribution in [0, 0.1) is 0 Å². The van der Waals surface area contributed by atoms with Gasteiger partial charge in [-0.3, -0.25) is 0 Å². The van der Waals surface area contributed by atoms with E-state index in [0.717, 1.165) is 13.1 Å². The van der Waals surface area contributed by atoms with Crippen molar-refractivity contribution >= 4 is 18.1 Å². The van der Waals surface area contributed by atoms with Gasteiger partial charge in [-0.2, -0.15) is 0 Å². The molecular formula is C27H42ClN. The van der Waals surface area contributed by atoms with Crippen LogP contribution in [0.5, 0.6) is 0 Å². The third-order valence-corrected chi connectivity index (χ3v) is 5.62. The van der Waals surface area contributed by atoms with Crippen molar-refractivity contribution in [2.24, 2.45) is 0 Å². The summed E-state index contributed by atoms with van der Waals surface area (Å²) in [5, 5.41) is 0. The molecule has 0 bridgehead atoms. The maximum absolute atomic E-state index is 2.53. The summed E-state index contributed by atoms with van der Waals surface area (Å²) in [6, 6.07) is 21.7. The highest BCUT2D eigenvalue weighted by Gasteiger charge is 2.06. The third-order valence-electron chi connectivity index (χ3n) is 5.62. The first-order valence-electron chi connectivity index (χ1n) is 11.7. The SMILES string of the molecule is CCCCCCCCCCCCCCN(Cc1ccccc1)c1ccccc1.Cl. The smallest absolute Gasteiger partial charge is 0.0429 e. The van der Waals surface area contributed by atoms with Gasteiger partial charge in [-0.05, 0) is 24.1 Å². The lowest BCUT2D eigenvalue weighted by atomic mass is 10.1. The molecule has 0 saturated carbocycles. The first-order chi connectivity index (χ1) is 13.9. The molecule has 0 aliphatic carbocycles. The first-order valence-corrected chi connectivity index (χ1v) is 11.7. The summed E-state index contributed by atoms with van der Waals surface area (Å²) in [5.41, 5.74) is 2.74. The van der Waals surface area contributed by atoms with Crippen molar-refractivity contribution in [3.63, 3.8) is 0 Å². The molecule has 0 atom stereocenters. The Labute approximate surface area is 186 Å². The van der Waals surface area contributed by atoms with Crippen LogP contribution in [-0.4, -0.2) is 6.54 Å². The molecule has 0 unspecified atom stereocenters. The highest BCUT2D eigenvalue weighted by molar-refractivity contribution is 5.85. The molecule has 29 heavy (non-hydrogen) atoms. The summed E-state index contributed by atoms with van der Waals surface area (Å²) >= 11 is 0.